The summed E-state index contributed by atoms with van der Waals surface area (Å²) in [7, 11) is 3.19. The summed E-state index contributed by atoms with van der Waals surface area (Å²) in [6, 6.07) is 4.39. The maximum Gasteiger partial charge on any atom is 0.322 e. The predicted octanol–water partition coefficient (Wildman–Crippen LogP) is 3.82. The normalized spacial score (nSPS) is 10.7. The summed E-state index contributed by atoms with van der Waals surface area (Å²) in [6.07, 6.45) is 2.56. The van der Waals surface area contributed by atoms with Crippen molar-refractivity contribution in [3.8, 4) is 0 Å². The first kappa shape index (κ1) is 24.9. The van der Waals surface area contributed by atoms with Crippen molar-refractivity contribution < 1.29 is 23.5 Å². The van der Waals surface area contributed by atoms with E-state index in [1.54, 1.807) is 32.4 Å². The average Bonchev–Trinajstić information content (AvgIpc) is 3.21. The molecule has 2 aromatic rings. The fourth-order valence-corrected chi connectivity index (χ4v) is 3.05. The van der Waals surface area contributed by atoms with Crippen molar-refractivity contribution in [1.29, 1.82) is 0 Å². The molecule has 1 aromatic carbocycles. The molecule has 0 aliphatic heterocycles. The van der Waals surface area contributed by atoms with Gasteiger partial charge < -0.3 is 29.4 Å². The van der Waals surface area contributed by atoms with Gasteiger partial charge in [-0.3, -0.25) is 4.79 Å². The van der Waals surface area contributed by atoms with Gasteiger partial charge in [0.05, 0.1) is 17.3 Å². The summed E-state index contributed by atoms with van der Waals surface area (Å²) in [4.78, 5) is 30.6. The lowest BCUT2D eigenvalue weighted by Crippen LogP contribution is -2.36. The molecule has 3 amide bonds. The molecule has 1 heterocycles. The van der Waals surface area contributed by atoms with Crippen molar-refractivity contribution in [2.24, 2.45) is 0 Å². The molecule has 0 bridgehead atoms. The predicted molar refractivity (Wildman–Crippen MR) is 118 cm³/mol. The van der Waals surface area contributed by atoms with Crippen LogP contribution in [0.2, 0.25) is 10.0 Å². The highest BCUT2D eigenvalue weighted by molar-refractivity contribution is 6.36. The molecule has 0 radical (unpaired) electrons. The van der Waals surface area contributed by atoms with E-state index in [1.807, 2.05) is 0 Å². The number of carbonyl (C=O) groups excluding carboxylic acids is 2. The number of halogens is 2. The summed E-state index contributed by atoms with van der Waals surface area (Å²) in [5.41, 5.74) is 0.571. The van der Waals surface area contributed by atoms with Crippen LogP contribution in [0.25, 0.3) is 0 Å². The monoisotopic (exact) mass is 472 g/mol. The number of carbonyl (C=O) groups is 2. The second-order valence-electron chi connectivity index (χ2n) is 6.55. The number of methoxy groups -OCH3 is 2. The van der Waals surface area contributed by atoms with Crippen LogP contribution in [0.15, 0.2) is 28.9 Å². The summed E-state index contributed by atoms with van der Waals surface area (Å²) in [5.74, 6) is -0.119. The number of urea groups is 1. The number of amides is 3. The molecule has 11 heteroatoms. The highest BCUT2D eigenvalue weighted by Crippen LogP contribution is 2.25. The van der Waals surface area contributed by atoms with Gasteiger partial charge in [-0.05, 0) is 31.0 Å². The second-order valence-corrected chi connectivity index (χ2v) is 7.39. The van der Waals surface area contributed by atoms with Crippen LogP contribution in [0, 0.1) is 0 Å². The molecule has 0 spiro atoms. The number of nitrogens with one attached hydrogen (secondary N) is 2. The Morgan fingerprint density at radius 1 is 1.16 bits per heavy atom. The maximum atomic E-state index is 12.8. The van der Waals surface area contributed by atoms with E-state index in [9.17, 15) is 9.59 Å². The van der Waals surface area contributed by atoms with Crippen molar-refractivity contribution in [3.05, 3.63) is 46.1 Å². The fourth-order valence-electron chi connectivity index (χ4n) is 2.60. The molecule has 0 saturated carbocycles. The van der Waals surface area contributed by atoms with E-state index in [-0.39, 0.29) is 24.0 Å². The van der Waals surface area contributed by atoms with Gasteiger partial charge in [0.1, 0.15) is 6.26 Å². The van der Waals surface area contributed by atoms with Gasteiger partial charge >= 0.3 is 6.03 Å². The van der Waals surface area contributed by atoms with Crippen LogP contribution in [0.3, 0.4) is 0 Å². The first-order chi connectivity index (χ1) is 14.9. The van der Waals surface area contributed by atoms with Crippen LogP contribution in [-0.2, 0) is 16.0 Å². The van der Waals surface area contributed by atoms with Crippen molar-refractivity contribution in [2.75, 3.05) is 45.8 Å². The van der Waals surface area contributed by atoms with Gasteiger partial charge in [-0.25, -0.2) is 9.78 Å². The highest BCUT2D eigenvalue weighted by Gasteiger charge is 2.19. The number of oxazole rings is 1. The molecular weight excluding hydrogens is 447 g/mol. The van der Waals surface area contributed by atoms with Crippen molar-refractivity contribution in [2.45, 2.75) is 19.4 Å². The summed E-state index contributed by atoms with van der Waals surface area (Å²) >= 11 is 12.0. The van der Waals surface area contributed by atoms with Crippen molar-refractivity contribution in [1.82, 2.24) is 15.2 Å². The Morgan fingerprint density at radius 2 is 1.90 bits per heavy atom. The van der Waals surface area contributed by atoms with Crippen LogP contribution >= 0.6 is 23.2 Å². The Balaban J connectivity index is 2.02. The van der Waals surface area contributed by atoms with Crippen LogP contribution in [0.1, 0.15) is 29.2 Å². The molecule has 170 valence electrons. The number of hydrogen-bond acceptors (Lipinski definition) is 6. The van der Waals surface area contributed by atoms with Gasteiger partial charge in [0.2, 0.25) is 5.89 Å². The summed E-state index contributed by atoms with van der Waals surface area (Å²) < 4.78 is 15.4. The molecule has 0 saturated heterocycles. The van der Waals surface area contributed by atoms with Gasteiger partial charge in [0, 0.05) is 45.5 Å². The van der Waals surface area contributed by atoms with Crippen LogP contribution in [-0.4, -0.2) is 62.3 Å². The molecule has 9 nitrogen and oxygen atoms in total. The zero-order valence-corrected chi connectivity index (χ0v) is 19.0. The SMILES string of the molecule is COCCCNC(=O)c1coc(CN(CCCOC)C(=O)Nc2ccc(Cl)cc2Cl)n1. The molecule has 31 heavy (non-hydrogen) atoms. The minimum atomic E-state index is -0.399. The first-order valence-electron chi connectivity index (χ1n) is 9.66. The Hall–Kier alpha value is -2.33. The van der Waals surface area contributed by atoms with Crippen LogP contribution in [0.5, 0.6) is 0 Å². The van der Waals surface area contributed by atoms with Gasteiger partial charge in [-0.15, -0.1) is 0 Å². The molecule has 2 N–H and O–H groups in total. The number of aromatic nitrogens is 1. The summed E-state index contributed by atoms with van der Waals surface area (Å²) in [6.45, 7) is 1.94. The standard InChI is InChI=1S/C20H26Cl2N4O5/c1-29-9-3-7-23-19(27)17-13-31-18(24-17)12-26(8-4-10-30-2)20(28)25-16-6-5-14(21)11-15(16)22/h5-6,11,13H,3-4,7-10,12H2,1-2H3,(H,23,27)(H,25,28). The smallest absolute Gasteiger partial charge is 0.322 e. The molecule has 0 aliphatic carbocycles. The number of rotatable bonds is 12. The molecule has 2 rings (SSSR count). The quantitative estimate of drug-likeness (QED) is 0.454. The third-order valence-electron chi connectivity index (χ3n) is 4.16. The Bertz CT molecular complexity index is 862. The number of benzene rings is 1. The van der Waals surface area contributed by atoms with E-state index in [1.165, 1.54) is 11.2 Å². The van der Waals surface area contributed by atoms with Gasteiger partial charge in [-0.2, -0.15) is 0 Å². The molecular formula is C20H26Cl2N4O5. The first-order valence-corrected chi connectivity index (χ1v) is 10.4. The zero-order chi connectivity index (χ0) is 22.6. The number of ether oxygens (including phenoxy) is 2. The Morgan fingerprint density at radius 3 is 2.61 bits per heavy atom. The van der Waals surface area contributed by atoms with Crippen LogP contribution in [0.4, 0.5) is 10.5 Å². The highest BCUT2D eigenvalue weighted by atomic mass is 35.5. The molecule has 0 aliphatic rings. The number of anilines is 1. The average molecular weight is 473 g/mol. The van der Waals surface area contributed by atoms with Gasteiger partial charge in [-0.1, -0.05) is 23.2 Å². The van der Waals surface area contributed by atoms with E-state index in [2.05, 4.69) is 15.6 Å². The van der Waals surface area contributed by atoms with Gasteiger partial charge in [0.15, 0.2) is 5.69 Å². The minimum absolute atomic E-state index is 0.0672. The molecule has 0 fully saturated rings. The number of hydrogen-bond donors (Lipinski definition) is 2. The van der Waals surface area contributed by atoms with Crippen LogP contribution < -0.4 is 10.6 Å². The fraction of sp³-hybridized carbons (Fsp3) is 0.450. The molecule has 0 atom stereocenters. The lowest BCUT2D eigenvalue weighted by molar-refractivity contribution is 0.0943. The maximum absolute atomic E-state index is 12.8. The van der Waals surface area contributed by atoms with E-state index >= 15 is 0 Å². The second kappa shape index (κ2) is 13.2. The Kier molecular flexibility index (Phi) is 10.6. The van der Waals surface area contributed by atoms with E-state index < -0.39 is 6.03 Å². The van der Waals surface area contributed by atoms with E-state index in [4.69, 9.17) is 37.1 Å². The third kappa shape index (κ3) is 8.37. The topological polar surface area (TPSA) is 106 Å². The molecule has 0 unspecified atom stereocenters. The Labute approximate surface area is 191 Å². The largest absolute Gasteiger partial charge is 0.446 e. The summed E-state index contributed by atoms with van der Waals surface area (Å²) in [5, 5.41) is 6.27. The zero-order valence-electron chi connectivity index (χ0n) is 17.5. The molecule has 1 aromatic heterocycles. The lowest BCUT2D eigenvalue weighted by Gasteiger charge is -2.22. The minimum Gasteiger partial charge on any atom is -0.446 e. The van der Waals surface area contributed by atoms with Crippen molar-refractivity contribution >= 4 is 40.8 Å². The van der Waals surface area contributed by atoms with Crippen molar-refractivity contribution in [3.63, 3.8) is 0 Å². The third-order valence-corrected chi connectivity index (χ3v) is 4.71. The van der Waals surface area contributed by atoms with E-state index in [0.29, 0.717) is 54.9 Å². The number of nitrogens with zero attached hydrogens (tertiary/aromatic N) is 2. The van der Waals surface area contributed by atoms with Gasteiger partial charge in [0.25, 0.3) is 5.91 Å². The lowest BCUT2D eigenvalue weighted by atomic mass is 10.3. The van der Waals surface area contributed by atoms with E-state index in [0.717, 1.165) is 0 Å².